The molecule has 0 radical (unpaired) electrons. The summed E-state index contributed by atoms with van der Waals surface area (Å²) in [5.74, 6) is -0.618. The number of ether oxygens (including phenoxy) is 2. The SMILES string of the molecule is CCCC(=O)Oc1ccc(/C=C2\N=C(c3ccc([N+](=O)[O-])cc3Cl)OC2=O)cc1. The van der Waals surface area contributed by atoms with Gasteiger partial charge in [-0.05, 0) is 36.3 Å². The first-order chi connectivity index (χ1) is 13.9. The molecule has 0 saturated heterocycles. The third-order valence-corrected chi connectivity index (χ3v) is 4.20. The van der Waals surface area contributed by atoms with Crippen molar-refractivity contribution in [3.8, 4) is 5.75 Å². The Bertz CT molecular complexity index is 1040. The van der Waals surface area contributed by atoms with E-state index in [0.717, 1.165) is 6.07 Å². The van der Waals surface area contributed by atoms with Gasteiger partial charge in [-0.25, -0.2) is 9.79 Å². The number of aliphatic imine (C=N–C) groups is 1. The number of nitro groups is 1. The van der Waals surface area contributed by atoms with Gasteiger partial charge in [0, 0.05) is 18.6 Å². The molecule has 148 valence electrons. The topological polar surface area (TPSA) is 108 Å². The highest BCUT2D eigenvalue weighted by molar-refractivity contribution is 6.34. The second-order valence-electron chi connectivity index (χ2n) is 6.05. The molecule has 1 heterocycles. The van der Waals surface area contributed by atoms with Gasteiger partial charge in [0.05, 0.1) is 15.5 Å². The molecule has 29 heavy (non-hydrogen) atoms. The summed E-state index contributed by atoms with van der Waals surface area (Å²) < 4.78 is 10.3. The van der Waals surface area contributed by atoms with Gasteiger partial charge in [-0.1, -0.05) is 30.7 Å². The van der Waals surface area contributed by atoms with Crippen LogP contribution in [0.3, 0.4) is 0 Å². The van der Waals surface area contributed by atoms with Crippen molar-refractivity contribution in [2.75, 3.05) is 0 Å². The predicted octanol–water partition coefficient (Wildman–Crippen LogP) is 4.30. The lowest BCUT2D eigenvalue weighted by atomic mass is 10.2. The largest absolute Gasteiger partial charge is 0.427 e. The maximum absolute atomic E-state index is 12.1. The summed E-state index contributed by atoms with van der Waals surface area (Å²) in [6.45, 7) is 1.88. The summed E-state index contributed by atoms with van der Waals surface area (Å²) in [4.78, 5) is 38.0. The first kappa shape index (κ1) is 20.2. The number of cyclic esters (lactones) is 1. The number of carbonyl (C=O) groups is 2. The normalized spacial score (nSPS) is 14.5. The Hall–Kier alpha value is -3.52. The number of nitro benzene ring substituents is 1. The minimum absolute atomic E-state index is 0.0359. The van der Waals surface area contributed by atoms with Crippen LogP contribution in [0.5, 0.6) is 5.75 Å². The molecule has 0 saturated carbocycles. The average Bonchev–Trinajstić information content (AvgIpc) is 3.03. The minimum Gasteiger partial charge on any atom is -0.427 e. The van der Waals surface area contributed by atoms with Gasteiger partial charge in [0.2, 0.25) is 5.90 Å². The third-order valence-electron chi connectivity index (χ3n) is 3.88. The van der Waals surface area contributed by atoms with Crippen LogP contribution >= 0.6 is 11.6 Å². The Labute approximate surface area is 170 Å². The Kier molecular flexibility index (Phi) is 6.04. The van der Waals surface area contributed by atoms with E-state index in [1.54, 1.807) is 24.3 Å². The van der Waals surface area contributed by atoms with E-state index in [-0.39, 0.29) is 33.8 Å². The zero-order valence-corrected chi connectivity index (χ0v) is 16.0. The number of nitrogens with zero attached hydrogens (tertiary/aromatic N) is 2. The second-order valence-corrected chi connectivity index (χ2v) is 6.46. The summed E-state index contributed by atoms with van der Waals surface area (Å²) in [7, 11) is 0. The van der Waals surface area contributed by atoms with E-state index in [0.29, 0.717) is 24.2 Å². The fourth-order valence-corrected chi connectivity index (χ4v) is 2.75. The average molecular weight is 415 g/mol. The first-order valence-electron chi connectivity index (χ1n) is 8.65. The van der Waals surface area contributed by atoms with Crippen LogP contribution in [0.1, 0.15) is 30.9 Å². The van der Waals surface area contributed by atoms with Crippen molar-refractivity contribution in [1.82, 2.24) is 0 Å². The van der Waals surface area contributed by atoms with Crippen LogP contribution in [0.2, 0.25) is 5.02 Å². The molecule has 9 heteroatoms. The Morgan fingerprint density at radius 2 is 2.00 bits per heavy atom. The molecule has 0 fully saturated rings. The van der Waals surface area contributed by atoms with E-state index in [4.69, 9.17) is 21.1 Å². The van der Waals surface area contributed by atoms with Crippen molar-refractivity contribution in [3.05, 3.63) is 74.4 Å². The van der Waals surface area contributed by atoms with E-state index < -0.39 is 10.9 Å². The van der Waals surface area contributed by atoms with E-state index in [2.05, 4.69) is 4.99 Å². The fourth-order valence-electron chi connectivity index (χ4n) is 2.49. The molecule has 0 N–H and O–H groups in total. The molecule has 1 aliphatic heterocycles. The maximum Gasteiger partial charge on any atom is 0.363 e. The van der Waals surface area contributed by atoms with Gasteiger partial charge < -0.3 is 9.47 Å². The van der Waals surface area contributed by atoms with Crippen LogP contribution in [-0.2, 0) is 14.3 Å². The van der Waals surface area contributed by atoms with Crippen LogP contribution in [0, 0.1) is 10.1 Å². The molecule has 0 bridgehead atoms. The maximum atomic E-state index is 12.1. The van der Waals surface area contributed by atoms with Crippen molar-refractivity contribution < 1.29 is 24.0 Å². The summed E-state index contributed by atoms with van der Waals surface area (Å²) in [6, 6.07) is 10.3. The Morgan fingerprint density at radius 1 is 1.28 bits per heavy atom. The van der Waals surface area contributed by atoms with E-state index >= 15 is 0 Å². The van der Waals surface area contributed by atoms with E-state index in [9.17, 15) is 19.7 Å². The second kappa shape index (κ2) is 8.66. The number of hydrogen-bond acceptors (Lipinski definition) is 7. The number of rotatable bonds is 6. The van der Waals surface area contributed by atoms with Crippen LogP contribution in [0.25, 0.3) is 6.08 Å². The molecule has 2 aromatic carbocycles. The van der Waals surface area contributed by atoms with Gasteiger partial charge in [-0.2, -0.15) is 0 Å². The Balaban J connectivity index is 1.80. The van der Waals surface area contributed by atoms with Crippen molar-refractivity contribution in [2.24, 2.45) is 4.99 Å². The standard InChI is InChI=1S/C20H15ClN2O6/c1-2-3-18(24)28-14-7-4-12(5-8-14)10-17-20(25)29-19(22-17)15-9-6-13(23(26)27)11-16(15)21/h4-11H,2-3H2,1H3/b17-10-. The molecule has 3 rings (SSSR count). The first-order valence-corrected chi connectivity index (χ1v) is 9.03. The molecule has 0 spiro atoms. The molecule has 8 nitrogen and oxygen atoms in total. The highest BCUT2D eigenvalue weighted by Gasteiger charge is 2.26. The lowest BCUT2D eigenvalue weighted by molar-refractivity contribution is -0.384. The molecule has 0 aromatic heterocycles. The molecular weight excluding hydrogens is 400 g/mol. The van der Waals surface area contributed by atoms with Crippen molar-refractivity contribution in [1.29, 1.82) is 0 Å². The highest BCUT2D eigenvalue weighted by atomic mass is 35.5. The molecule has 0 amide bonds. The summed E-state index contributed by atoms with van der Waals surface area (Å²) in [5, 5.41) is 10.8. The summed E-state index contributed by atoms with van der Waals surface area (Å²) in [5.41, 5.74) is 0.781. The zero-order chi connectivity index (χ0) is 21.0. The molecular formula is C20H15ClN2O6. The summed E-state index contributed by atoms with van der Waals surface area (Å²) in [6.07, 6.45) is 2.54. The quantitative estimate of drug-likeness (QED) is 0.229. The smallest absolute Gasteiger partial charge is 0.363 e. The number of non-ortho nitro benzene ring substituents is 1. The lowest BCUT2D eigenvalue weighted by Crippen LogP contribution is -2.06. The predicted molar refractivity (Wildman–Crippen MR) is 106 cm³/mol. The van der Waals surface area contributed by atoms with E-state index in [1.165, 1.54) is 18.2 Å². The van der Waals surface area contributed by atoms with Gasteiger partial charge >= 0.3 is 11.9 Å². The number of hydrogen-bond donors (Lipinski definition) is 0. The monoisotopic (exact) mass is 414 g/mol. The van der Waals surface area contributed by atoms with Crippen LogP contribution in [0.4, 0.5) is 5.69 Å². The van der Waals surface area contributed by atoms with Crippen LogP contribution in [0.15, 0.2) is 53.2 Å². The highest BCUT2D eigenvalue weighted by Crippen LogP contribution is 2.27. The van der Waals surface area contributed by atoms with Gasteiger partial charge in [0.15, 0.2) is 5.70 Å². The van der Waals surface area contributed by atoms with Crippen molar-refractivity contribution in [2.45, 2.75) is 19.8 Å². The van der Waals surface area contributed by atoms with Crippen LogP contribution < -0.4 is 4.74 Å². The lowest BCUT2D eigenvalue weighted by Gasteiger charge is -2.03. The fraction of sp³-hybridized carbons (Fsp3) is 0.150. The molecule has 0 aliphatic carbocycles. The molecule has 2 aromatic rings. The number of halogens is 1. The van der Waals surface area contributed by atoms with Gasteiger partial charge in [0.1, 0.15) is 5.75 Å². The summed E-state index contributed by atoms with van der Waals surface area (Å²) >= 11 is 6.05. The number of carbonyl (C=O) groups excluding carboxylic acids is 2. The number of benzene rings is 2. The third kappa shape index (κ3) is 4.85. The molecule has 0 unspecified atom stereocenters. The van der Waals surface area contributed by atoms with Gasteiger partial charge in [-0.3, -0.25) is 14.9 Å². The van der Waals surface area contributed by atoms with Crippen LogP contribution in [-0.4, -0.2) is 22.8 Å². The zero-order valence-electron chi connectivity index (χ0n) is 15.3. The minimum atomic E-state index is -0.673. The molecule has 1 aliphatic rings. The Morgan fingerprint density at radius 3 is 2.62 bits per heavy atom. The number of esters is 2. The van der Waals surface area contributed by atoms with E-state index in [1.807, 2.05) is 6.92 Å². The van der Waals surface area contributed by atoms with Crippen molar-refractivity contribution in [3.63, 3.8) is 0 Å². The van der Waals surface area contributed by atoms with Crippen molar-refractivity contribution >= 4 is 41.2 Å². The van der Waals surface area contributed by atoms with Gasteiger partial charge in [0.25, 0.3) is 5.69 Å². The van der Waals surface area contributed by atoms with Gasteiger partial charge in [-0.15, -0.1) is 0 Å². The molecule has 0 atom stereocenters.